The standard InChI is InChI=1S/C13H15N3OS/c1-8(10-4-3-5-11(14)6-10)16-13(17)12-7-15-9(2)18-12/h3-8H,14H2,1-2H3,(H,16,17). The number of hydrogen-bond donors (Lipinski definition) is 2. The highest BCUT2D eigenvalue weighted by atomic mass is 32.1. The fraction of sp³-hybridized carbons (Fsp3) is 0.231. The molecule has 0 fully saturated rings. The Balaban J connectivity index is 2.07. The monoisotopic (exact) mass is 261 g/mol. The molecule has 94 valence electrons. The van der Waals surface area contributed by atoms with E-state index in [1.54, 1.807) is 6.20 Å². The van der Waals surface area contributed by atoms with E-state index in [0.29, 0.717) is 10.6 Å². The molecule has 3 N–H and O–H groups in total. The summed E-state index contributed by atoms with van der Waals surface area (Å²) in [5.74, 6) is -0.101. The van der Waals surface area contributed by atoms with Crippen molar-refractivity contribution in [2.45, 2.75) is 19.9 Å². The van der Waals surface area contributed by atoms with Gasteiger partial charge in [-0.2, -0.15) is 0 Å². The van der Waals surface area contributed by atoms with Crippen LogP contribution in [-0.2, 0) is 0 Å². The molecule has 2 rings (SSSR count). The molecule has 1 atom stereocenters. The van der Waals surface area contributed by atoms with Gasteiger partial charge in [0.05, 0.1) is 17.2 Å². The van der Waals surface area contributed by atoms with E-state index in [1.807, 2.05) is 38.1 Å². The van der Waals surface area contributed by atoms with E-state index in [4.69, 9.17) is 5.73 Å². The summed E-state index contributed by atoms with van der Waals surface area (Å²) >= 11 is 1.39. The second kappa shape index (κ2) is 5.18. The molecular formula is C13H15N3OS. The first-order valence-corrected chi connectivity index (χ1v) is 6.46. The van der Waals surface area contributed by atoms with E-state index in [9.17, 15) is 4.79 Å². The van der Waals surface area contributed by atoms with Crippen LogP contribution in [0.1, 0.15) is 33.2 Å². The number of rotatable bonds is 3. The van der Waals surface area contributed by atoms with Gasteiger partial charge in [0.15, 0.2) is 0 Å². The minimum atomic E-state index is -0.101. The predicted molar refractivity (Wildman–Crippen MR) is 73.6 cm³/mol. The van der Waals surface area contributed by atoms with Crippen molar-refractivity contribution < 1.29 is 4.79 Å². The lowest BCUT2D eigenvalue weighted by molar-refractivity contribution is 0.0944. The van der Waals surface area contributed by atoms with Gasteiger partial charge in [-0.3, -0.25) is 4.79 Å². The SMILES string of the molecule is Cc1ncc(C(=O)NC(C)c2cccc(N)c2)s1. The number of thiazole rings is 1. The largest absolute Gasteiger partial charge is 0.399 e. The van der Waals surface area contributed by atoms with Gasteiger partial charge in [-0.15, -0.1) is 11.3 Å². The zero-order valence-electron chi connectivity index (χ0n) is 10.3. The van der Waals surface area contributed by atoms with E-state index in [0.717, 1.165) is 10.6 Å². The van der Waals surface area contributed by atoms with E-state index < -0.39 is 0 Å². The Morgan fingerprint density at radius 1 is 1.50 bits per heavy atom. The van der Waals surface area contributed by atoms with Gasteiger partial charge in [-0.05, 0) is 31.5 Å². The van der Waals surface area contributed by atoms with Crippen LogP contribution in [0.3, 0.4) is 0 Å². The molecule has 0 spiro atoms. The van der Waals surface area contributed by atoms with Crippen LogP contribution in [0, 0.1) is 6.92 Å². The molecule has 0 saturated heterocycles. The molecule has 1 unspecified atom stereocenters. The maximum Gasteiger partial charge on any atom is 0.263 e. The Kier molecular flexibility index (Phi) is 3.62. The van der Waals surface area contributed by atoms with Crippen molar-refractivity contribution in [1.29, 1.82) is 0 Å². The van der Waals surface area contributed by atoms with Gasteiger partial charge in [-0.1, -0.05) is 12.1 Å². The lowest BCUT2D eigenvalue weighted by atomic mass is 10.1. The van der Waals surface area contributed by atoms with Crippen molar-refractivity contribution in [2.75, 3.05) is 5.73 Å². The second-order valence-electron chi connectivity index (χ2n) is 4.11. The Morgan fingerprint density at radius 3 is 2.89 bits per heavy atom. The summed E-state index contributed by atoms with van der Waals surface area (Å²) in [6.45, 7) is 3.81. The summed E-state index contributed by atoms with van der Waals surface area (Å²) in [5, 5.41) is 3.81. The van der Waals surface area contributed by atoms with Crippen LogP contribution in [-0.4, -0.2) is 10.9 Å². The van der Waals surface area contributed by atoms with Gasteiger partial charge in [-0.25, -0.2) is 4.98 Å². The van der Waals surface area contributed by atoms with Crippen molar-refractivity contribution >= 4 is 22.9 Å². The molecule has 1 heterocycles. The molecule has 0 saturated carbocycles. The normalized spacial score (nSPS) is 12.1. The average molecular weight is 261 g/mol. The third kappa shape index (κ3) is 2.87. The van der Waals surface area contributed by atoms with E-state index >= 15 is 0 Å². The van der Waals surface area contributed by atoms with Crippen molar-refractivity contribution in [3.8, 4) is 0 Å². The molecule has 0 aliphatic heterocycles. The molecule has 5 heteroatoms. The maximum atomic E-state index is 12.0. The quantitative estimate of drug-likeness (QED) is 0.834. The van der Waals surface area contributed by atoms with Crippen LogP contribution in [0.2, 0.25) is 0 Å². The number of nitrogens with two attached hydrogens (primary N) is 1. The van der Waals surface area contributed by atoms with Crippen molar-refractivity contribution in [3.05, 3.63) is 45.9 Å². The summed E-state index contributed by atoms with van der Waals surface area (Å²) in [4.78, 5) is 16.7. The first-order chi connectivity index (χ1) is 8.56. The van der Waals surface area contributed by atoms with Crippen LogP contribution in [0.5, 0.6) is 0 Å². The molecule has 2 aromatic rings. The van der Waals surface area contributed by atoms with Crippen LogP contribution in [0.25, 0.3) is 0 Å². The number of amides is 1. The third-order valence-corrected chi connectivity index (χ3v) is 3.51. The number of anilines is 1. The zero-order valence-corrected chi connectivity index (χ0v) is 11.1. The first-order valence-electron chi connectivity index (χ1n) is 5.65. The Morgan fingerprint density at radius 2 is 2.28 bits per heavy atom. The summed E-state index contributed by atoms with van der Waals surface area (Å²) < 4.78 is 0. The lowest BCUT2D eigenvalue weighted by Crippen LogP contribution is -2.25. The third-order valence-electron chi connectivity index (χ3n) is 2.60. The Bertz CT molecular complexity index is 565. The number of carbonyl (C=O) groups excluding carboxylic acids is 1. The predicted octanol–water partition coefficient (Wildman–Crippen LogP) is 2.52. The zero-order chi connectivity index (χ0) is 13.1. The number of nitrogen functional groups attached to an aromatic ring is 1. The first kappa shape index (κ1) is 12.6. The molecule has 1 amide bonds. The molecule has 0 radical (unpaired) electrons. The number of nitrogens with one attached hydrogen (secondary N) is 1. The van der Waals surface area contributed by atoms with Crippen molar-refractivity contribution in [1.82, 2.24) is 10.3 Å². The van der Waals surface area contributed by atoms with Gasteiger partial charge in [0, 0.05) is 5.69 Å². The summed E-state index contributed by atoms with van der Waals surface area (Å²) in [6, 6.07) is 7.43. The number of aryl methyl sites for hydroxylation is 1. The number of benzene rings is 1. The molecule has 0 aliphatic carbocycles. The highest BCUT2D eigenvalue weighted by Crippen LogP contribution is 2.17. The number of aromatic nitrogens is 1. The molecular weight excluding hydrogens is 246 g/mol. The van der Waals surface area contributed by atoms with Gasteiger partial charge in [0.1, 0.15) is 4.88 Å². The maximum absolute atomic E-state index is 12.0. The van der Waals surface area contributed by atoms with Crippen LogP contribution in [0.15, 0.2) is 30.5 Å². The highest BCUT2D eigenvalue weighted by molar-refractivity contribution is 7.13. The summed E-state index contributed by atoms with van der Waals surface area (Å²) in [5.41, 5.74) is 7.41. The fourth-order valence-electron chi connectivity index (χ4n) is 1.65. The van der Waals surface area contributed by atoms with Gasteiger partial charge >= 0.3 is 0 Å². The van der Waals surface area contributed by atoms with Crippen molar-refractivity contribution in [3.63, 3.8) is 0 Å². The van der Waals surface area contributed by atoms with Crippen LogP contribution >= 0.6 is 11.3 Å². The van der Waals surface area contributed by atoms with Crippen LogP contribution in [0.4, 0.5) is 5.69 Å². The van der Waals surface area contributed by atoms with Gasteiger partial charge in [0.25, 0.3) is 5.91 Å². The van der Waals surface area contributed by atoms with Gasteiger partial charge in [0.2, 0.25) is 0 Å². The number of nitrogens with zero attached hydrogens (tertiary/aromatic N) is 1. The number of carbonyl (C=O) groups is 1. The molecule has 4 nitrogen and oxygen atoms in total. The number of hydrogen-bond acceptors (Lipinski definition) is 4. The Labute approximate surface area is 110 Å². The minimum absolute atomic E-state index is 0.0802. The summed E-state index contributed by atoms with van der Waals surface area (Å²) in [7, 11) is 0. The van der Waals surface area contributed by atoms with Crippen LogP contribution < -0.4 is 11.1 Å². The van der Waals surface area contributed by atoms with E-state index in [1.165, 1.54) is 11.3 Å². The second-order valence-corrected chi connectivity index (χ2v) is 5.34. The Hall–Kier alpha value is -1.88. The van der Waals surface area contributed by atoms with E-state index in [2.05, 4.69) is 10.3 Å². The molecule has 1 aromatic carbocycles. The molecule has 1 aromatic heterocycles. The van der Waals surface area contributed by atoms with E-state index in [-0.39, 0.29) is 11.9 Å². The molecule has 18 heavy (non-hydrogen) atoms. The minimum Gasteiger partial charge on any atom is -0.399 e. The molecule has 0 aliphatic rings. The molecule has 0 bridgehead atoms. The smallest absolute Gasteiger partial charge is 0.263 e. The fourth-order valence-corrected chi connectivity index (χ4v) is 2.33. The summed E-state index contributed by atoms with van der Waals surface area (Å²) in [6.07, 6.45) is 1.60. The topological polar surface area (TPSA) is 68.0 Å². The van der Waals surface area contributed by atoms with Gasteiger partial charge < -0.3 is 11.1 Å². The van der Waals surface area contributed by atoms with Crippen molar-refractivity contribution in [2.24, 2.45) is 0 Å². The lowest BCUT2D eigenvalue weighted by Gasteiger charge is -2.13. The average Bonchev–Trinajstić information content (AvgIpc) is 2.76. The highest BCUT2D eigenvalue weighted by Gasteiger charge is 2.13.